The first-order chi connectivity index (χ1) is 8.69. The fraction of sp³-hybridized carbons (Fsp3) is 0.600. The van der Waals surface area contributed by atoms with Crippen LogP contribution in [0.15, 0.2) is 18.2 Å². The van der Waals surface area contributed by atoms with E-state index in [0.717, 1.165) is 18.4 Å². The summed E-state index contributed by atoms with van der Waals surface area (Å²) in [6.07, 6.45) is 7.26. The van der Waals surface area contributed by atoms with Gasteiger partial charge in [-0.2, -0.15) is 0 Å². The number of rotatable bonds is 8. The summed E-state index contributed by atoms with van der Waals surface area (Å²) < 4.78 is 13.2. The number of unbranched alkanes of at least 4 members (excludes halogenated alkanes) is 4. The summed E-state index contributed by atoms with van der Waals surface area (Å²) in [6, 6.07) is 5.35. The van der Waals surface area contributed by atoms with Crippen molar-refractivity contribution in [1.82, 2.24) is 5.43 Å². The summed E-state index contributed by atoms with van der Waals surface area (Å²) in [5.41, 5.74) is 4.59. The number of aryl methyl sites for hydroxylation is 1. The van der Waals surface area contributed by atoms with Gasteiger partial charge in [0.1, 0.15) is 5.82 Å². The van der Waals surface area contributed by atoms with Crippen LogP contribution < -0.4 is 11.3 Å². The lowest BCUT2D eigenvalue weighted by Crippen LogP contribution is -2.28. The average molecular weight is 252 g/mol. The van der Waals surface area contributed by atoms with Crippen LogP contribution in [0.4, 0.5) is 4.39 Å². The van der Waals surface area contributed by atoms with E-state index in [1.807, 2.05) is 12.1 Å². The van der Waals surface area contributed by atoms with E-state index in [1.54, 1.807) is 6.92 Å². The maximum atomic E-state index is 13.2. The highest BCUT2D eigenvalue weighted by Crippen LogP contribution is 2.21. The third kappa shape index (κ3) is 4.75. The molecule has 1 aromatic rings. The Hall–Kier alpha value is -0.930. The Morgan fingerprint density at radius 3 is 2.56 bits per heavy atom. The fourth-order valence-corrected chi connectivity index (χ4v) is 2.18. The first-order valence-electron chi connectivity index (χ1n) is 6.91. The number of hydrazine groups is 1. The minimum absolute atomic E-state index is 0.130. The van der Waals surface area contributed by atoms with Crippen LogP contribution in [0.1, 0.15) is 62.6 Å². The minimum Gasteiger partial charge on any atom is -0.271 e. The SMILES string of the molecule is CCCCCCCC(NN)c1ccc(F)c(C)c1. The zero-order valence-electron chi connectivity index (χ0n) is 11.5. The molecule has 0 radical (unpaired) electrons. The maximum absolute atomic E-state index is 13.2. The number of benzene rings is 1. The third-order valence-corrected chi connectivity index (χ3v) is 3.38. The lowest BCUT2D eigenvalue weighted by Gasteiger charge is -2.17. The molecule has 102 valence electrons. The number of nitrogens with two attached hydrogens (primary N) is 1. The van der Waals surface area contributed by atoms with E-state index in [-0.39, 0.29) is 11.9 Å². The molecular weight excluding hydrogens is 227 g/mol. The zero-order valence-corrected chi connectivity index (χ0v) is 11.5. The normalized spacial score (nSPS) is 12.7. The molecule has 3 heteroatoms. The highest BCUT2D eigenvalue weighted by atomic mass is 19.1. The Morgan fingerprint density at radius 2 is 1.94 bits per heavy atom. The molecule has 0 spiro atoms. The van der Waals surface area contributed by atoms with Gasteiger partial charge in [0.25, 0.3) is 0 Å². The smallest absolute Gasteiger partial charge is 0.126 e. The molecule has 0 fully saturated rings. The van der Waals surface area contributed by atoms with Crippen molar-refractivity contribution in [1.29, 1.82) is 0 Å². The van der Waals surface area contributed by atoms with Gasteiger partial charge in [0.05, 0.1) is 0 Å². The predicted molar refractivity (Wildman–Crippen MR) is 74.6 cm³/mol. The van der Waals surface area contributed by atoms with Gasteiger partial charge >= 0.3 is 0 Å². The van der Waals surface area contributed by atoms with Crippen LogP contribution >= 0.6 is 0 Å². The zero-order chi connectivity index (χ0) is 13.4. The first-order valence-corrected chi connectivity index (χ1v) is 6.91. The molecule has 0 bridgehead atoms. The Labute approximate surface area is 110 Å². The minimum atomic E-state index is -0.155. The highest BCUT2D eigenvalue weighted by Gasteiger charge is 2.10. The Kier molecular flexibility index (Phi) is 6.91. The van der Waals surface area contributed by atoms with Gasteiger partial charge in [0, 0.05) is 6.04 Å². The molecule has 3 N–H and O–H groups in total. The van der Waals surface area contributed by atoms with E-state index in [2.05, 4.69) is 12.3 Å². The summed E-state index contributed by atoms with van der Waals surface area (Å²) in [6.45, 7) is 4.00. The molecule has 0 aliphatic heterocycles. The van der Waals surface area contributed by atoms with Crippen molar-refractivity contribution in [3.05, 3.63) is 35.1 Å². The lowest BCUT2D eigenvalue weighted by atomic mass is 9.99. The molecule has 0 aliphatic rings. The molecule has 0 saturated carbocycles. The third-order valence-electron chi connectivity index (χ3n) is 3.38. The van der Waals surface area contributed by atoms with Gasteiger partial charge in [-0.3, -0.25) is 11.3 Å². The van der Waals surface area contributed by atoms with E-state index in [0.29, 0.717) is 5.56 Å². The number of halogens is 1. The summed E-state index contributed by atoms with van der Waals surface area (Å²) >= 11 is 0. The van der Waals surface area contributed by atoms with Gasteiger partial charge in [-0.05, 0) is 30.5 Å². The second-order valence-electron chi connectivity index (χ2n) is 4.93. The monoisotopic (exact) mass is 252 g/mol. The second kappa shape index (κ2) is 8.22. The van der Waals surface area contributed by atoms with Crippen LogP contribution in [0.2, 0.25) is 0 Å². The van der Waals surface area contributed by atoms with Gasteiger partial charge in [-0.15, -0.1) is 0 Å². The Bertz CT molecular complexity index is 352. The summed E-state index contributed by atoms with van der Waals surface area (Å²) in [5.74, 6) is 5.43. The standard InChI is InChI=1S/C15H25FN2/c1-3-4-5-6-7-8-15(18-17)13-9-10-14(16)12(2)11-13/h9-11,15,18H,3-8,17H2,1-2H3. The molecule has 2 nitrogen and oxygen atoms in total. The molecule has 1 unspecified atom stereocenters. The van der Waals surface area contributed by atoms with E-state index in [1.165, 1.54) is 31.7 Å². The highest BCUT2D eigenvalue weighted by molar-refractivity contribution is 5.26. The van der Waals surface area contributed by atoms with Crippen molar-refractivity contribution in [2.45, 2.75) is 58.4 Å². The predicted octanol–water partition coefficient (Wildman–Crippen LogP) is 4.00. The molecule has 0 aliphatic carbocycles. The van der Waals surface area contributed by atoms with E-state index in [4.69, 9.17) is 5.84 Å². The topological polar surface area (TPSA) is 38.0 Å². The summed E-state index contributed by atoms with van der Waals surface area (Å²) in [7, 11) is 0. The van der Waals surface area contributed by atoms with Crippen LogP contribution in [0.3, 0.4) is 0 Å². The summed E-state index contributed by atoms with van der Waals surface area (Å²) in [4.78, 5) is 0. The molecule has 18 heavy (non-hydrogen) atoms. The number of hydrogen-bond acceptors (Lipinski definition) is 2. The van der Waals surface area contributed by atoms with Crippen LogP contribution in [-0.4, -0.2) is 0 Å². The fourth-order valence-electron chi connectivity index (χ4n) is 2.18. The van der Waals surface area contributed by atoms with Gasteiger partial charge in [-0.1, -0.05) is 51.2 Å². The van der Waals surface area contributed by atoms with Gasteiger partial charge < -0.3 is 0 Å². The van der Waals surface area contributed by atoms with Gasteiger partial charge in [0.15, 0.2) is 0 Å². The summed E-state index contributed by atoms with van der Waals surface area (Å²) in [5, 5.41) is 0. The molecule has 0 saturated heterocycles. The molecule has 0 heterocycles. The Balaban J connectivity index is 2.47. The van der Waals surface area contributed by atoms with Crippen LogP contribution in [0.5, 0.6) is 0 Å². The maximum Gasteiger partial charge on any atom is 0.126 e. The van der Waals surface area contributed by atoms with Gasteiger partial charge in [-0.25, -0.2) is 4.39 Å². The van der Waals surface area contributed by atoms with Crippen molar-refractivity contribution in [2.24, 2.45) is 5.84 Å². The molecule has 1 rings (SSSR count). The molecule has 1 atom stereocenters. The van der Waals surface area contributed by atoms with Crippen molar-refractivity contribution < 1.29 is 4.39 Å². The van der Waals surface area contributed by atoms with Crippen LogP contribution in [-0.2, 0) is 0 Å². The Morgan fingerprint density at radius 1 is 1.22 bits per heavy atom. The van der Waals surface area contributed by atoms with Crippen molar-refractivity contribution in [3.8, 4) is 0 Å². The van der Waals surface area contributed by atoms with Gasteiger partial charge in [0.2, 0.25) is 0 Å². The second-order valence-corrected chi connectivity index (χ2v) is 4.93. The van der Waals surface area contributed by atoms with Crippen LogP contribution in [0.25, 0.3) is 0 Å². The molecular formula is C15H25FN2. The number of nitrogens with one attached hydrogen (secondary N) is 1. The molecule has 0 aromatic heterocycles. The largest absolute Gasteiger partial charge is 0.271 e. The molecule has 1 aromatic carbocycles. The van der Waals surface area contributed by atoms with E-state index < -0.39 is 0 Å². The van der Waals surface area contributed by atoms with E-state index in [9.17, 15) is 4.39 Å². The van der Waals surface area contributed by atoms with E-state index >= 15 is 0 Å². The van der Waals surface area contributed by atoms with Crippen molar-refractivity contribution >= 4 is 0 Å². The quantitative estimate of drug-likeness (QED) is 0.417. The number of hydrogen-bond donors (Lipinski definition) is 2. The lowest BCUT2D eigenvalue weighted by molar-refractivity contribution is 0.478. The van der Waals surface area contributed by atoms with Crippen molar-refractivity contribution in [2.75, 3.05) is 0 Å². The first kappa shape index (κ1) is 15.1. The van der Waals surface area contributed by atoms with Crippen LogP contribution in [0, 0.1) is 12.7 Å². The molecule has 0 amide bonds. The van der Waals surface area contributed by atoms with Crippen molar-refractivity contribution in [3.63, 3.8) is 0 Å². The average Bonchev–Trinajstić information content (AvgIpc) is 2.37.